The van der Waals surface area contributed by atoms with Crippen LogP contribution >= 0.6 is 11.6 Å². The monoisotopic (exact) mass is 580 g/mol. The Kier molecular flexibility index (Phi) is 10.2. The summed E-state index contributed by atoms with van der Waals surface area (Å²) in [4.78, 5) is 15.0. The van der Waals surface area contributed by atoms with Gasteiger partial charge in [0.25, 0.3) is 5.91 Å². The molecule has 0 aromatic heterocycles. The second kappa shape index (κ2) is 13.6. The van der Waals surface area contributed by atoms with Crippen LogP contribution < -0.4 is 4.74 Å². The van der Waals surface area contributed by atoms with Crippen LogP contribution in [0, 0.1) is 0 Å². The molecule has 1 N–H and O–H groups in total. The molecule has 0 saturated carbocycles. The molecule has 1 fully saturated rings. The van der Waals surface area contributed by atoms with Crippen LogP contribution in [0.4, 0.5) is 0 Å². The lowest BCUT2D eigenvalue weighted by Gasteiger charge is -2.33. The Balaban J connectivity index is 1.46. The number of aliphatic hydroxyl groups excluding tert-OH is 1. The molecule has 1 amide bonds. The molecule has 2 atom stereocenters. The maximum atomic E-state index is 13.2. The van der Waals surface area contributed by atoms with Gasteiger partial charge in [0.1, 0.15) is 5.75 Å². The second-order valence-corrected chi connectivity index (χ2v) is 11.4. The minimum Gasteiger partial charge on any atom is -0.497 e. The van der Waals surface area contributed by atoms with Crippen molar-refractivity contribution in [1.82, 2.24) is 9.21 Å². The summed E-state index contributed by atoms with van der Waals surface area (Å²) in [7, 11) is -2.39. The Morgan fingerprint density at radius 1 is 1.10 bits per heavy atom. The molecule has 0 spiro atoms. The zero-order chi connectivity index (χ0) is 27.8. The van der Waals surface area contributed by atoms with E-state index in [4.69, 9.17) is 30.5 Å². The minimum atomic E-state index is -3.89. The normalized spacial score (nSPS) is 19.9. The fourth-order valence-electron chi connectivity index (χ4n) is 4.42. The number of halogens is 1. The van der Waals surface area contributed by atoms with Crippen LogP contribution in [0.25, 0.3) is 0 Å². The van der Waals surface area contributed by atoms with Crippen molar-refractivity contribution in [1.29, 1.82) is 0 Å². The fourth-order valence-corrected chi connectivity index (χ4v) is 5.96. The average molecular weight is 581 g/mol. The van der Waals surface area contributed by atoms with E-state index < -0.39 is 16.3 Å². The van der Waals surface area contributed by atoms with Crippen LogP contribution in [-0.4, -0.2) is 94.6 Å². The van der Waals surface area contributed by atoms with Crippen molar-refractivity contribution in [2.24, 2.45) is 0 Å². The highest BCUT2D eigenvalue weighted by Gasteiger charge is 2.32. The first-order chi connectivity index (χ1) is 18.8. The van der Waals surface area contributed by atoms with Gasteiger partial charge in [-0.1, -0.05) is 23.7 Å². The molecule has 10 nitrogen and oxygen atoms in total. The SMILES string of the molecule is COc1ccc(S(=O)(=O)N(CCO)CCO[C@H]2C[C@@H](c3ccc(Cl)cc3)C=C(C(=O)N3CCOCC3)O2)cc1. The maximum absolute atomic E-state index is 13.2. The molecule has 2 aliphatic heterocycles. The zero-order valence-corrected chi connectivity index (χ0v) is 23.3. The van der Waals surface area contributed by atoms with Gasteiger partial charge in [0, 0.05) is 43.5 Å². The summed E-state index contributed by atoms with van der Waals surface area (Å²) in [6.45, 7) is 1.38. The predicted octanol–water partition coefficient (Wildman–Crippen LogP) is 2.62. The van der Waals surface area contributed by atoms with Crippen molar-refractivity contribution < 1.29 is 37.3 Å². The van der Waals surface area contributed by atoms with Gasteiger partial charge in [0.05, 0.1) is 38.4 Å². The van der Waals surface area contributed by atoms with Crippen molar-refractivity contribution in [3.8, 4) is 5.75 Å². The van der Waals surface area contributed by atoms with E-state index in [1.165, 1.54) is 19.2 Å². The van der Waals surface area contributed by atoms with Gasteiger partial charge >= 0.3 is 0 Å². The van der Waals surface area contributed by atoms with Gasteiger partial charge < -0.3 is 29.0 Å². The van der Waals surface area contributed by atoms with Crippen molar-refractivity contribution >= 4 is 27.5 Å². The molecule has 0 bridgehead atoms. The van der Waals surface area contributed by atoms with Gasteiger partial charge in [0.15, 0.2) is 5.76 Å². The van der Waals surface area contributed by atoms with Crippen LogP contribution in [-0.2, 0) is 29.0 Å². The van der Waals surface area contributed by atoms with Gasteiger partial charge in [-0.15, -0.1) is 0 Å². The van der Waals surface area contributed by atoms with Crippen LogP contribution in [0.3, 0.4) is 0 Å². The number of sulfonamides is 1. The smallest absolute Gasteiger partial charge is 0.288 e. The fraction of sp³-hybridized carbons (Fsp3) is 0.444. The molecular weight excluding hydrogens is 548 g/mol. The first kappa shape index (κ1) is 29.3. The van der Waals surface area contributed by atoms with E-state index in [1.54, 1.807) is 35.2 Å². The first-order valence-corrected chi connectivity index (χ1v) is 14.5. The number of ether oxygens (including phenoxy) is 4. The quantitative estimate of drug-likeness (QED) is 0.431. The molecule has 0 unspecified atom stereocenters. The first-order valence-electron chi connectivity index (χ1n) is 12.7. The van der Waals surface area contributed by atoms with Crippen LogP contribution in [0.5, 0.6) is 5.75 Å². The molecule has 0 aliphatic carbocycles. The number of hydrogen-bond acceptors (Lipinski definition) is 8. The lowest BCUT2D eigenvalue weighted by Crippen LogP contribution is -2.43. The molecule has 39 heavy (non-hydrogen) atoms. The standard InChI is InChI=1S/C27H33ClN2O8S/c1-35-23-6-8-24(9-7-23)39(33,34)30(10-14-31)13-17-37-26-19-21(20-2-4-22(28)5-3-20)18-25(38-26)27(32)29-11-15-36-16-12-29/h2-9,18,21,26,31H,10-17,19H2,1H3/t21-,26+/m0/s1. The summed E-state index contributed by atoms with van der Waals surface area (Å²) >= 11 is 6.06. The van der Waals surface area contributed by atoms with Gasteiger partial charge in [-0.3, -0.25) is 4.79 Å². The number of rotatable bonds is 11. The second-order valence-electron chi connectivity index (χ2n) is 9.05. The molecule has 2 aromatic rings. The number of aliphatic hydroxyl groups is 1. The van der Waals surface area contributed by atoms with Gasteiger partial charge in [-0.2, -0.15) is 4.31 Å². The van der Waals surface area contributed by atoms with E-state index in [0.29, 0.717) is 43.5 Å². The summed E-state index contributed by atoms with van der Waals surface area (Å²) in [6, 6.07) is 13.4. The van der Waals surface area contributed by atoms with E-state index in [-0.39, 0.29) is 48.8 Å². The summed E-state index contributed by atoms with van der Waals surface area (Å²) in [5.41, 5.74) is 0.951. The van der Waals surface area contributed by atoms with Crippen LogP contribution in [0.1, 0.15) is 17.9 Å². The lowest BCUT2D eigenvalue weighted by atomic mass is 9.93. The molecule has 2 aliphatic rings. The van der Waals surface area contributed by atoms with E-state index in [2.05, 4.69) is 0 Å². The van der Waals surface area contributed by atoms with Crippen molar-refractivity contribution in [3.63, 3.8) is 0 Å². The Bertz CT molecular complexity index is 1230. The number of methoxy groups -OCH3 is 1. The lowest BCUT2D eigenvalue weighted by molar-refractivity contribution is -0.155. The number of morpholine rings is 1. The Hall–Kier alpha value is -2.67. The van der Waals surface area contributed by atoms with E-state index in [9.17, 15) is 18.3 Å². The highest BCUT2D eigenvalue weighted by atomic mass is 35.5. The van der Waals surface area contributed by atoms with E-state index >= 15 is 0 Å². The molecule has 212 valence electrons. The van der Waals surface area contributed by atoms with Crippen molar-refractivity contribution in [2.75, 3.05) is 59.7 Å². The number of hydrogen-bond donors (Lipinski definition) is 1. The third-order valence-electron chi connectivity index (χ3n) is 6.56. The van der Waals surface area contributed by atoms with Crippen LogP contribution in [0.15, 0.2) is 65.3 Å². The average Bonchev–Trinajstić information content (AvgIpc) is 2.97. The molecule has 12 heteroatoms. The van der Waals surface area contributed by atoms with Crippen molar-refractivity contribution in [2.45, 2.75) is 23.5 Å². The van der Waals surface area contributed by atoms with Gasteiger partial charge in [-0.25, -0.2) is 8.42 Å². The summed E-state index contributed by atoms with van der Waals surface area (Å²) < 4.78 is 49.9. The number of nitrogens with zero attached hydrogens (tertiary/aromatic N) is 2. The van der Waals surface area contributed by atoms with Gasteiger partial charge in [-0.05, 0) is 48.0 Å². The van der Waals surface area contributed by atoms with E-state index in [0.717, 1.165) is 9.87 Å². The molecule has 4 rings (SSSR count). The van der Waals surface area contributed by atoms with Crippen LogP contribution in [0.2, 0.25) is 5.02 Å². The third-order valence-corrected chi connectivity index (χ3v) is 8.72. The number of amides is 1. The number of carbonyl (C=O) groups is 1. The summed E-state index contributed by atoms with van der Waals surface area (Å²) in [5, 5.41) is 10.1. The van der Waals surface area contributed by atoms with Crippen molar-refractivity contribution in [3.05, 3.63) is 71.0 Å². The maximum Gasteiger partial charge on any atom is 0.288 e. The Morgan fingerprint density at radius 2 is 1.79 bits per heavy atom. The highest BCUT2D eigenvalue weighted by Crippen LogP contribution is 2.33. The molecule has 2 heterocycles. The zero-order valence-electron chi connectivity index (χ0n) is 21.7. The molecule has 0 radical (unpaired) electrons. The van der Waals surface area contributed by atoms with Gasteiger partial charge in [0.2, 0.25) is 16.3 Å². The molecule has 1 saturated heterocycles. The summed E-state index contributed by atoms with van der Waals surface area (Å²) in [6.07, 6.45) is 1.44. The topological polar surface area (TPSA) is 115 Å². The summed E-state index contributed by atoms with van der Waals surface area (Å²) in [5.74, 6) is 0.310. The number of carbonyl (C=O) groups excluding carboxylic acids is 1. The molecular formula is C27H33ClN2O8S. The molecule has 2 aromatic carbocycles. The minimum absolute atomic E-state index is 0.00753. The Labute approximate surface area is 233 Å². The predicted molar refractivity (Wildman–Crippen MR) is 144 cm³/mol. The van der Waals surface area contributed by atoms with E-state index in [1.807, 2.05) is 12.1 Å². The Morgan fingerprint density at radius 3 is 2.44 bits per heavy atom. The number of benzene rings is 2. The number of allylic oxidation sites excluding steroid dienone is 1. The highest BCUT2D eigenvalue weighted by molar-refractivity contribution is 7.89. The third kappa shape index (κ3) is 7.50. The largest absolute Gasteiger partial charge is 0.497 e.